The van der Waals surface area contributed by atoms with Gasteiger partial charge in [-0.25, -0.2) is 4.98 Å². The number of nitro groups is 1. The highest BCUT2D eigenvalue weighted by molar-refractivity contribution is 6.08. The summed E-state index contributed by atoms with van der Waals surface area (Å²) in [6.45, 7) is 2.37. The van der Waals surface area contributed by atoms with Gasteiger partial charge in [-0.2, -0.15) is 26.3 Å². The number of amides is 2. The van der Waals surface area contributed by atoms with Gasteiger partial charge in [-0.05, 0) is 5.56 Å². The lowest BCUT2D eigenvalue weighted by Gasteiger charge is -2.33. The van der Waals surface area contributed by atoms with Gasteiger partial charge in [-0.1, -0.05) is 36.4 Å². The molecule has 15 heteroatoms. The largest absolute Gasteiger partial charge is 0.493 e. The van der Waals surface area contributed by atoms with Crippen molar-refractivity contribution in [3.63, 3.8) is 0 Å². The summed E-state index contributed by atoms with van der Waals surface area (Å²) in [5.41, 5.74) is -8.62. The number of nitrogens with zero attached hydrogens (tertiary/aromatic N) is 2. The Balaban J connectivity index is 2.47. The van der Waals surface area contributed by atoms with E-state index in [1.807, 2.05) is 0 Å². The van der Waals surface area contributed by atoms with Crippen LogP contribution in [0.2, 0.25) is 0 Å². The predicted octanol–water partition coefficient (Wildman–Crippen LogP) is 4.06. The van der Waals surface area contributed by atoms with Crippen molar-refractivity contribution in [3.05, 3.63) is 76.0 Å². The molecule has 1 heterocycles. The Hall–Kier alpha value is -4.01. The summed E-state index contributed by atoms with van der Waals surface area (Å²) in [5.74, 6) is -5.98. The number of ether oxygens (including phenoxy) is 1. The summed E-state index contributed by atoms with van der Waals surface area (Å²) < 4.78 is 85.6. The maximum atomic E-state index is 14.0. The van der Waals surface area contributed by atoms with Gasteiger partial charge < -0.3 is 9.84 Å². The number of hydrogen-bond acceptors (Lipinski definition) is 7. The lowest BCUT2D eigenvalue weighted by atomic mass is 9.96. The molecule has 188 valence electrons. The Labute approximate surface area is 192 Å². The predicted molar refractivity (Wildman–Crippen MR) is 105 cm³/mol. The molecule has 0 aliphatic heterocycles. The molecule has 0 radical (unpaired) electrons. The number of nitrogens with one attached hydrogen (secondary N) is 1. The average Bonchev–Trinajstić information content (AvgIpc) is 2.75. The van der Waals surface area contributed by atoms with Crippen LogP contribution < -0.4 is 5.32 Å². The van der Waals surface area contributed by atoms with Gasteiger partial charge in [0.1, 0.15) is 5.56 Å². The molecule has 2 amide bonds. The van der Waals surface area contributed by atoms with E-state index in [2.05, 4.69) is 11.6 Å². The van der Waals surface area contributed by atoms with Crippen molar-refractivity contribution in [2.24, 2.45) is 0 Å². The van der Waals surface area contributed by atoms with Crippen LogP contribution in [0.3, 0.4) is 0 Å². The molecule has 0 spiro atoms. The Morgan fingerprint density at radius 3 is 2.26 bits per heavy atom. The highest BCUT2D eigenvalue weighted by atomic mass is 19.4. The smallest absolute Gasteiger partial charge is 0.426 e. The molecular formula is C20H15F6N3O6. The van der Waals surface area contributed by atoms with Gasteiger partial charge in [0, 0.05) is 12.5 Å². The van der Waals surface area contributed by atoms with Crippen molar-refractivity contribution in [2.45, 2.75) is 31.0 Å². The van der Waals surface area contributed by atoms with Gasteiger partial charge in [0.15, 0.2) is 0 Å². The molecule has 1 aromatic heterocycles. The van der Waals surface area contributed by atoms with E-state index >= 15 is 0 Å². The van der Waals surface area contributed by atoms with Crippen molar-refractivity contribution in [1.29, 1.82) is 0 Å². The summed E-state index contributed by atoms with van der Waals surface area (Å²) in [4.78, 5) is 37.5. The zero-order valence-corrected chi connectivity index (χ0v) is 17.3. The first-order valence-electron chi connectivity index (χ1n) is 9.31. The zero-order chi connectivity index (χ0) is 26.6. The standard InChI is InChI=1S/C20H15F6N3O6/c1-2-8-18(20(24,25)26,35-10-11-6-4-3-5-7-11)17(32)28-16(31)14-13(29(33)34)9-12(15(30)27-14)19(21,22)23/h2-7,9H,1,8,10H2,(H,27,30)(H,28,31,32). The Bertz CT molecular complexity index is 1140. The lowest BCUT2D eigenvalue weighted by molar-refractivity contribution is -0.385. The van der Waals surface area contributed by atoms with E-state index in [0.717, 1.165) is 0 Å². The summed E-state index contributed by atoms with van der Waals surface area (Å²) in [6, 6.07) is 7.05. The second kappa shape index (κ2) is 10.1. The van der Waals surface area contributed by atoms with Gasteiger partial charge in [-0.15, -0.1) is 6.58 Å². The third-order valence-electron chi connectivity index (χ3n) is 4.51. The van der Waals surface area contributed by atoms with Gasteiger partial charge in [0.25, 0.3) is 11.8 Å². The monoisotopic (exact) mass is 507 g/mol. The Kier molecular flexibility index (Phi) is 7.85. The van der Waals surface area contributed by atoms with E-state index < -0.39 is 70.5 Å². The van der Waals surface area contributed by atoms with Crippen LogP contribution in [0.5, 0.6) is 5.88 Å². The SMILES string of the molecule is C=CCC(OCc1ccccc1)(C(=O)NC(=O)c1nc(O)c(C(F)(F)F)cc1[N+](=O)[O-])C(F)(F)F. The fourth-order valence-electron chi connectivity index (χ4n) is 2.80. The van der Waals surface area contributed by atoms with Crippen molar-refractivity contribution >= 4 is 17.5 Å². The maximum absolute atomic E-state index is 14.0. The van der Waals surface area contributed by atoms with Crippen LogP contribution in [0.4, 0.5) is 32.0 Å². The van der Waals surface area contributed by atoms with E-state index in [9.17, 15) is 51.2 Å². The average molecular weight is 507 g/mol. The minimum absolute atomic E-state index is 0.217. The van der Waals surface area contributed by atoms with E-state index in [1.54, 1.807) is 6.07 Å². The molecule has 1 unspecified atom stereocenters. The lowest BCUT2D eigenvalue weighted by Crippen LogP contribution is -2.59. The van der Waals surface area contributed by atoms with Crippen molar-refractivity contribution in [1.82, 2.24) is 10.3 Å². The molecule has 2 rings (SSSR count). The summed E-state index contributed by atoms with van der Waals surface area (Å²) in [6.07, 6.45) is -11.3. The van der Waals surface area contributed by atoms with E-state index in [4.69, 9.17) is 4.74 Å². The number of rotatable bonds is 8. The van der Waals surface area contributed by atoms with E-state index in [1.165, 1.54) is 29.6 Å². The van der Waals surface area contributed by atoms with Gasteiger partial charge in [0.2, 0.25) is 17.2 Å². The number of carbonyl (C=O) groups excluding carboxylic acids is 2. The summed E-state index contributed by atoms with van der Waals surface area (Å²) in [5, 5.41) is 21.8. The van der Waals surface area contributed by atoms with Crippen LogP contribution in [0, 0.1) is 10.1 Å². The van der Waals surface area contributed by atoms with Crippen LogP contribution in [-0.4, -0.2) is 38.6 Å². The Morgan fingerprint density at radius 2 is 1.77 bits per heavy atom. The number of alkyl halides is 6. The summed E-state index contributed by atoms with van der Waals surface area (Å²) in [7, 11) is 0. The van der Waals surface area contributed by atoms with E-state index in [-0.39, 0.29) is 11.6 Å². The molecular weight excluding hydrogens is 492 g/mol. The number of benzene rings is 1. The van der Waals surface area contributed by atoms with Crippen molar-refractivity contribution in [3.8, 4) is 5.88 Å². The van der Waals surface area contributed by atoms with Gasteiger partial charge >= 0.3 is 18.0 Å². The molecule has 1 atom stereocenters. The topological polar surface area (TPSA) is 132 Å². The molecule has 9 nitrogen and oxygen atoms in total. The third kappa shape index (κ3) is 5.92. The first kappa shape index (κ1) is 27.2. The molecule has 2 N–H and O–H groups in total. The van der Waals surface area contributed by atoms with Crippen molar-refractivity contribution < 1.29 is 50.7 Å². The van der Waals surface area contributed by atoms with Crippen LogP contribution in [0.15, 0.2) is 49.1 Å². The normalized spacial score (nSPS) is 13.5. The molecule has 0 bridgehead atoms. The molecule has 0 saturated carbocycles. The number of imide groups is 1. The van der Waals surface area contributed by atoms with Crippen LogP contribution >= 0.6 is 0 Å². The van der Waals surface area contributed by atoms with E-state index in [0.29, 0.717) is 6.08 Å². The number of halogens is 6. The van der Waals surface area contributed by atoms with Crippen LogP contribution in [-0.2, 0) is 22.3 Å². The third-order valence-corrected chi connectivity index (χ3v) is 4.51. The first-order chi connectivity index (χ1) is 16.1. The molecule has 0 aliphatic rings. The number of aromatic hydroxyl groups is 1. The van der Waals surface area contributed by atoms with Gasteiger partial charge in [0.05, 0.1) is 11.5 Å². The van der Waals surface area contributed by atoms with Gasteiger partial charge in [-0.3, -0.25) is 25.0 Å². The fourth-order valence-corrected chi connectivity index (χ4v) is 2.80. The second-order valence-electron chi connectivity index (χ2n) is 6.86. The number of aromatic nitrogens is 1. The quantitative estimate of drug-likeness (QED) is 0.238. The highest BCUT2D eigenvalue weighted by Gasteiger charge is 2.61. The molecule has 35 heavy (non-hydrogen) atoms. The molecule has 0 saturated heterocycles. The molecule has 0 aliphatic carbocycles. The zero-order valence-electron chi connectivity index (χ0n) is 17.3. The molecule has 2 aromatic rings. The second-order valence-corrected chi connectivity index (χ2v) is 6.86. The molecule has 1 aromatic carbocycles. The fraction of sp³-hybridized carbons (Fsp3) is 0.250. The van der Waals surface area contributed by atoms with Crippen LogP contribution in [0.1, 0.15) is 28.0 Å². The van der Waals surface area contributed by atoms with Crippen LogP contribution in [0.25, 0.3) is 0 Å². The summed E-state index contributed by atoms with van der Waals surface area (Å²) >= 11 is 0. The number of pyridine rings is 1. The minimum atomic E-state index is -5.44. The Morgan fingerprint density at radius 1 is 1.17 bits per heavy atom. The highest BCUT2D eigenvalue weighted by Crippen LogP contribution is 2.39. The first-order valence-corrected chi connectivity index (χ1v) is 9.31. The number of hydrogen-bond donors (Lipinski definition) is 2. The minimum Gasteiger partial charge on any atom is -0.493 e. The van der Waals surface area contributed by atoms with Crippen molar-refractivity contribution in [2.75, 3.05) is 0 Å². The maximum Gasteiger partial charge on any atom is 0.426 e. The number of carbonyl (C=O) groups is 2. The molecule has 0 fully saturated rings.